The van der Waals surface area contributed by atoms with Gasteiger partial charge >= 0.3 is 0 Å². The predicted octanol–water partition coefficient (Wildman–Crippen LogP) is 3.75. The van der Waals surface area contributed by atoms with Gasteiger partial charge in [0.15, 0.2) is 0 Å². The molecular weight excluding hydrogens is 462 g/mol. The number of hydrogen-bond donors (Lipinski definition) is 1. The summed E-state index contributed by atoms with van der Waals surface area (Å²) in [5.41, 5.74) is 2.01. The van der Waals surface area contributed by atoms with Gasteiger partial charge in [0, 0.05) is 17.6 Å². The summed E-state index contributed by atoms with van der Waals surface area (Å²) in [5.74, 6) is -0.821. The molecule has 2 aromatic carbocycles. The van der Waals surface area contributed by atoms with Crippen LogP contribution in [0.3, 0.4) is 0 Å². The van der Waals surface area contributed by atoms with Crippen LogP contribution in [0.5, 0.6) is 0 Å². The number of carbonyl (C=O) groups excluding carboxylic acids is 2. The van der Waals surface area contributed by atoms with Crippen molar-refractivity contribution in [2.45, 2.75) is 52.7 Å². The van der Waals surface area contributed by atoms with Gasteiger partial charge in [0.05, 0.1) is 11.9 Å². The number of halogens is 1. The van der Waals surface area contributed by atoms with Crippen molar-refractivity contribution in [3.05, 3.63) is 64.7 Å². The first kappa shape index (κ1) is 26.7. The number of nitrogens with zero attached hydrogens (tertiary/aromatic N) is 2. The van der Waals surface area contributed by atoms with Gasteiger partial charge in [-0.2, -0.15) is 0 Å². The van der Waals surface area contributed by atoms with E-state index >= 15 is 0 Å². The lowest BCUT2D eigenvalue weighted by molar-refractivity contribution is -0.139. The molecule has 33 heavy (non-hydrogen) atoms. The minimum absolute atomic E-state index is 0.0581. The van der Waals surface area contributed by atoms with Crippen molar-refractivity contribution < 1.29 is 18.0 Å². The van der Waals surface area contributed by atoms with Crippen LogP contribution in [0.2, 0.25) is 5.02 Å². The maximum absolute atomic E-state index is 13.5. The normalized spacial score (nSPS) is 13.2. The lowest BCUT2D eigenvalue weighted by atomic mass is 10.1. The smallest absolute Gasteiger partial charge is 0.244 e. The van der Waals surface area contributed by atoms with E-state index < -0.39 is 28.5 Å². The number of carbonyl (C=O) groups is 2. The summed E-state index contributed by atoms with van der Waals surface area (Å²) in [4.78, 5) is 27.7. The van der Waals surface area contributed by atoms with E-state index in [9.17, 15) is 18.0 Å². The topological polar surface area (TPSA) is 86.8 Å². The van der Waals surface area contributed by atoms with Crippen LogP contribution in [0.25, 0.3) is 0 Å². The SMILES string of the molecule is CCC(C)NC(=O)C(C)N(Cc1ccccc1Cl)C(=O)CN(c1ccc(C)cc1)S(C)(=O)=O. The molecule has 0 aromatic heterocycles. The summed E-state index contributed by atoms with van der Waals surface area (Å²) >= 11 is 6.31. The second kappa shape index (κ2) is 11.5. The molecule has 0 fully saturated rings. The predicted molar refractivity (Wildman–Crippen MR) is 133 cm³/mol. The third-order valence-electron chi connectivity index (χ3n) is 5.47. The van der Waals surface area contributed by atoms with Crippen LogP contribution >= 0.6 is 11.6 Å². The summed E-state index contributed by atoms with van der Waals surface area (Å²) in [6.07, 6.45) is 1.80. The van der Waals surface area contributed by atoms with Gasteiger partial charge in [-0.1, -0.05) is 54.4 Å². The second-order valence-corrected chi connectivity index (χ2v) is 10.5. The number of sulfonamides is 1. The van der Waals surface area contributed by atoms with E-state index in [2.05, 4.69) is 5.32 Å². The molecule has 2 amide bonds. The zero-order valence-corrected chi connectivity index (χ0v) is 21.3. The fraction of sp³-hybridized carbons (Fsp3) is 0.417. The van der Waals surface area contributed by atoms with Crippen molar-refractivity contribution in [2.24, 2.45) is 0 Å². The number of amides is 2. The van der Waals surface area contributed by atoms with E-state index in [1.54, 1.807) is 55.5 Å². The Labute approximate surface area is 201 Å². The number of anilines is 1. The molecule has 0 bridgehead atoms. The molecule has 2 rings (SSSR count). The van der Waals surface area contributed by atoms with Gasteiger partial charge in [0.2, 0.25) is 21.8 Å². The van der Waals surface area contributed by atoms with Gasteiger partial charge in [0.25, 0.3) is 0 Å². The van der Waals surface area contributed by atoms with Gasteiger partial charge in [-0.05, 0) is 51.0 Å². The van der Waals surface area contributed by atoms with Crippen LogP contribution in [0.1, 0.15) is 38.3 Å². The Morgan fingerprint density at radius 3 is 2.21 bits per heavy atom. The summed E-state index contributed by atoms with van der Waals surface area (Å²) in [5, 5.41) is 3.35. The third kappa shape index (κ3) is 7.47. The molecule has 0 saturated carbocycles. The van der Waals surface area contributed by atoms with Crippen LogP contribution in [0, 0.1) is 6.92 Å². The third-order valence-corrected chi connectivity index (χ3v) is 6.98. The van der Waals surface area contributed by atoms with Crippen LogP contribution in [-0.2, 0) is 26.2 Å². The average Bonchev–Trinajstić information content (AvgIpc) is 2.76. The van der Waals surface area contributed by atoms with E-state index in [1.807, 2.05) is 20.8 Å². The molecule has 2 unspecified atom stereocenters. The van der Waals surface area contributed by atoms with Gasteiger partial charge < -0.3 is 10.2 Å². The Hall–Kier alpha value is -2.58. The highest BCUT2D eigenvalue weighted by Crippen LogP contribution is 2.22. The molecule has 7 nitrogen and oxygen atoms in total. The molecule has 0 aliphatic heterocycles. The van der Waals surface area contributed by atoms with Crippen molar-refractivity contribution in [3.8, 4) is 0 Å². The van der Waals surface area contributed by atoms with Gasteiger partial charge in [-0.25, -0.2) is 8.42 Å². The minimum Gasteiger partial charge on any atom is -0.352 e. The van der Waals surface area contributed by atoms with E-state index in [0.29, 0.717) is 16.3 Å². The van der Waals surface area contributed by atoms with Crippen molar-refractivity contribution in [3.63, 3.8) is 0 Å². The van der Waals surface area contributed by atoms with Crippen molar-refractivity contribution in [2.75, 3.05) is 17.1 Å². The Balaban J connectivity index is 2.39. The molecule has 0 aliphatic carbocycles. The summed E-state index contributed by atoms with van der Waals surface area (Å²) in [6.45, 7) is 6.99. The van der Waals surface area contributed by atoms with Crippen LogP contribution < -0.4 is 9.62 Å². The number of rotatable bonds is 10. The molecule has 0 spiro atoms. The maximum Gasteiger partial charge on any atom is 0.244 e. The number of benzene rings is 2. The second-order valence-electron chi connectivity index (χ2n) is 8.21. The Bertz CT molecular complexity index is 1070. The summed E-state index contributed by atoms with van der Waals surface area (Å²) in [7, 11) is -3.75. The molecule has 0 aliphatic rings. The standard InChI is InChI=1S/C24H32ClN3O4S/c1-6-18(3)26-24(30)19(4)27(15-20-9-7-8-10-22(20)25)23(29)16-28(33(5,31)32)21-13-11-17(2)12-14-21/h7-14,18-19H,6,15-16H2,1-5H3,(H,26,30). The van der Waals surface area contributed by atoms with Crippen molar-refractivity contribution in [1.82, 2.24) is 10.2 Å². The Morgan fingerprint density at radius 1 is 1.06 bits per heavy atom. The Morgan fingerprint density at radius 2 is 1.67 bits per heavy atom. The molecule has 0 radical (unpaired) electrons. The van der Waals surface area contributed by atoms with Crippen molar-refractivity contribution in [1.29, 1.82) is 0 Å². The molecular formula is C24H32ClN3O4S. The molecule has 2 aromatic rings. The quantitative estimate of drug-likeness (QED) is 0.546. The molecule has 2 atom stereocenters. The molecule has 0 heterocycles. The zero-order valence-electron chi connectivity index (χ0n) is 19.7. The molecule has 180 valence electrons. The first-order chi connectivity index (χ1) is 15.4. The molecule has 0 saturated heterocycles. The zero-order chi connectivity index (χ0) is 24.8. The summed E-state index contributed by atoms with van der Waals surface area (Å²) < 4.78 is 26.1. The van der Waals surface area contributed by atoms with Crippen LogP contribution in [0.4, 0.5) is 5.69 Å². The van der Waals surface area contributed by atoms with Crippen LogP contribution in [-0.4, -0.2) is 50.0 Å². The van der Waals surface area contributed by atoms with E-state index in [-0.39, 0.29) is 18.5 Å². The maximum atomic E-state index is 13.5. The first-order valence-corrected chi connectivity index (χ1v) is 13.0. The fourth-order valence-corrected chi connectivity index (χ4v) is 4.23. The highest BCUT2D eigenvalue weighted by molar-refractivity contribution is 7.92. The minimum atomic E-state index is -3.75. The van der Waals surface area contributed by atoms with E-state index in [4.69, 9.17) is 11.6 Å². The number of nitrogens with one attached hydrogen (secondary N) is 1. The Kier molecular flexibility index (Phi) is 9.31. The lowest BCUT2D eigenvalue weighted by Gasteiger charge is -2.32. The highest BCUT2D eigenvalue weighted by Gasteiger charge is 2.30. The fourth-order valence-electron chi connectivity index (χ4n) is 3.18. The average molecular weight is 494 g/mol. The van der Waals surface area contributed by atoms with Gasteiger partial charge in [-0.15, -0.1) is 0 Å². The highest BCUT2D eigenvalue weighted by atomic mass is 35.5. The molecule has 9 heteroatoms. The number of aryl methyl sites for hydroxylation is 1. The molecule has 1 N–H and O–H groups in total. The van der Waals surface area contributed by atoms with E-state index in [0.717, 1.165) is 22.5 Å². The monoisotopic (exact) mass is 493 g/mol. The van der Waals surface area contributed by atoms with E-state index in [1.165, 1.54) is 4.90 Å². The van der Waals surface area contributed by atoms with Crippen molar-refractivity contribution >= 4 is 39.1 Å². The van der Waals surface area contributed by atoms with Crippen LogP contribution in [0.15, 0.2) is 48.5 Å². The lowest BCUT2D eigenvalue weighted by Crippen LogP contribution is -2.52. The van der Waals surface area contributed by atoms with Gasteiger partial charge in [-0.3, -0.25) is 13.9 Å². The largest absolute Gasteiger partial charge is 0.352 e. The van der Waals surface area contributed by atoms with Gasteiger partial charge in [0.1, 0.15) is 12.6 Å². The number of hydrogen-bond acceptors (Lipinski definition) is 4. The first-order valence-electron chi connectivity index (χ1n) is 10.8. The summed E-state index contributed by atoms with van der Waals surface area (Å²) in [6, 6.07) is 13.0.